The predicted octanol–water partition coefficient (Wildman–Crippen LogP) is 4.20. The molecule has 1 aliphatic rings. The third-order valence-corrected chi connectivity index (χ3v) is 5.31. The lowest BCUT2D eigenvalue weighted by Gasteiger charge is -2.23. The van der Waals surface area contributed by atoms with Gasteiger partial charge in [0.1, 0.15) is 11.1 Å². The number of nitrogens with zero attached hydrogens (tertiary/aromatic N) is 3. The van der Waals surface area contributed by atoms with Gasteiger partial charge in [-0.1, -0.05) is 18.6 Å². The molecule has 0 saturated heterocycles. The highest BCUT2D eigenvalue weighted by atomic mass is 16.5. The molecule has 1 saturated carbocycles. The Morgan fingerprint density at radius 1 is 1.17 bits per heavy atom. The monoisotopic (exact) mass is 395 g/mol. The molecule has 0 atom stereocenters. The summed E-state index contributed by atoms with van der Waals surface area (Å²) in [6.45, 7) is 6.66. The van der Waals surface area contributed by atoms with Crippen LogP contribution < -0.4 is 15.6 Å². The largest absolute Gasteiger partial charge is 0.490 e. The maximum atomic E-state index is 12.4. The minimum atomic E-state index is -0.256. The van der Waals surface area contributed by atoms with Crippen molar-refractivity contribution >= 4 is 17.0 Å². The Labute approximate surface area is 170 Å². The second-order valence-electron chi connectivity index (χ2n) is 8.75. The lowest BCUT2D eigenvalue weighted by molar-refractivity contribution is 0.155. The summed E-state index contributed by atoms with van der Waals surface area (Å²) in [7, 11) is 0. The van der Waals surface area contributed by atoms with Crippen LogP contribution >= 0.6 is 0 Å². The number of fused-ring (bicyclic) bond motifs is 1. The minimum absolute atomic E-state index is 0.191. The van der Waals surface area contributed by atoms with Crippen LogP contribution in [0.3, 0.4) is 0 Å². The molecular weight excluding hydrogens is 366 g/mol. The van der Waals surface area contributed by atoms with Crippen LogP contribution in [-0.4, -0.2) is 25.9 Å². The topological polar surface area (TPSA) is 84.8 Å². The molecule has 2 heterocycles. The van der Waals surface area contributed by atoms with Crippen LogP contribution in [0.4, 0.5) is 5.95 Å². The highest BCUT2D eigenvalue weighted by molar-refractivity contribution is 5.74. The SMILES string of the molecule is CC(C)(C)n1ncc2c(=O)[nH]c(NCc3ccc(OC4CCCCC4)cc3)nc21. The van der Waals surface area contributed by atoms with E-state index in [4.69, 9.17) is 4.74 Å². The van der Waals surface area contributed by atoms with Crippen molar-refractivity contribution in [1.82, 2.24) is 19.7 Å². The summed E-state index contributed by atoms with van der Waals surface area (Å²) < 4.78 is 7.86. The Balaban J connectivity index is 1.44. The highest BCUT2D eigenvalue weighted by Gasteiger charge is 2.20. The van der Waals surface area contributed by atoms with Gasteiger partial charge < -0.3 is 10.1 Å². The van der Waals surface area contributed by atoms with E-state index in [-0.39, 0.29) is 11.1 Å². The lowest BCUT2D eigenvalue weighted by atomic mass is 9.98. The molecule has 3 aromatic rings. The van der Waals surface area contributed by atoms with Crippen molar-refractivity contribution in [2.45, 2.75) is 71.1 Å². The summed E-state index contributed by atoms with van der Waals surface area (Å²) in [6.07, 6.45) is 8.06. The molecule has 0 spiro atoms. The maximum absolute atomic E-state index is 12.4. The molecule has 2 N–H and O–H groups in total. The van der Waals surface area contributed by atoms with Crippen LogP contribution in [0.1, 0.15) is 58.4 Å². The molecule has 7 heteroatoms. The molecule has 7 nitrogen and oxygen atoms in total. The number of nitrogens with one attached hydrogen (secondary N) is 2. The van der Waals surface area contributed by atoms with E-state index in [1.807, 2.05) is 45.0 Å². The number of rotatable bonds is 5. The lowest BCUT2D eigenvalue weighted by Crippen LogP contribution is -2.24. The first-order chi connectivity index (χ1) is 13.9. The average molecular weight is 396 g/mol. The maximum Gasteiger partial charge on any atom is 0.263 e. The molecule has 1 aliphatic carbocycles. The van der Waals surface area contributed by atoms with Crippen LogP contribution in [-0.2, 0) is 12.1 Å². The van der Waals surface area contributed by atoms with Crippen LogP contribution in [0.2, 0.25) is 0 Å². The van der Waals surface area contributed by atoms with Crippen LogP contribution in [0, 0.1) is 0 Å². The van der Waals surface area contributed by atoms with Gasteiger partial charge in [-0.3, -0.25) is 9.78 Å². The molecule has 1 fully saturated rings. The van der Waals surface area contributed by atoms with Gasteiger partial charge in [-0.05, 0) is 64.2 Å². The summed E-state index contributed by atoms with van der Waals surface area (Å²) in [5, 5.41) is 8.05. The van der Waals surface area contributed by atoms with Crippen molar-refractivity contribution < 1.29 is 4.74 Å². The number of hydrogen-bond acceptors (Lipinski definition) is 5. The molecule has 154 valence electrons. The van der Waals surface area contributed by atoms with Crippen LogP contribution in [0.15, 0.2) is 35.3 Å². The van der Waals surface area contributed by atoms with Crippen molar-refractivity contribution in [1.29, 1.82) is 0 Å². The number of aromatic nitrogens is 4. The highest BCUT2D eigenvalue weighted by Crippen LogP contribution is 2.24. The van der Waals surface area contributed by atoms with E-state index >= 15 is 0 Å². The second kappa shape index (κ2) is 7.89. The van der Waals surface area contributed by atoms with Gasteiger partial charge in [0.05, 0.1) is 17.8 Å². The number of ether oxygens (including phenoxy) is 1. The van der Waals surface area contributed by atoms with E-state index in [1.54, 1.807) is 10.9 Å². The van der Waals surface area contributed by atoms with E-state index in [0.717, 1.165) is 24.2 Å². The third kappa shape index (κ3) is 4.44. The first-order valence-electron chi connectivity index (χ1n) is 10.4. The zero-order valence-corrected chi connectivity index (χ0v) is 17.4. The molecule has 29 heavy (non-hydrogen) atoms. The molecule has 4 rings (SSSR count). The molecular formula is C22H29N5O2. The molecule has 1 aromatic carbocycles. The van der Waals surface area contributed by atoms with E-state index in [9.17, 15) is 4.79 Å². The fourth-order valence-electron chi connectivity index (χ4n) is 3.74. The van der Waals surface area contributed by atoms with E-state index in [1.165, 1.54) is 19.3 Å². The van der Waals surface area contributed by atoms with Gasteiger partial charge in [0.15, 0.2) is 5.65 Å². The first kappa shape index (κ1) is 19.5. The van der Waals surface area contributed by atoms with Gasteiger partial charge in [0, 0.05) is 6.54 Å². The third-order valence-electron chi connectivity index (χ3n) is 5.31. The Hall–Kier alpha value is -2.83. The summed E-state index contributed by atoms with van der Waals surface area (Å²) >= 11 is 0. The van der Waals surface area contributed by atoms with Crippen molar-refractivity contribution in [3.8, 4) is 5.75 Å². The van der Waals surface area contributed by atoms with Crippen molar-refractivity contribution in [3.63, 3.8) is 0 Å². The summed E-state index contributed by atoms with van der Waals surface area (Å²) in [5.74, 6) is 1.36. The Morgan fingerprint density at radius 3 is 2.59 bits per heavy atom. The molecule has 0 radical (unpaired) electrons. The van der Waals surface area contributed by atoms with Crippen molar-refractivity contribution in [2.75, 3.05) is 5.32 Å². The van der Waals surface area contributed by atoms with Crippen molar-refractivity contribution in [2.24, 2.45) is 0 Å². The van der Waals surface area contributed by atoms with Gasteiger partial charge in [-0.15, -0.1) is 0 Å². The average Bonchev–Trinajstić information content (AvgIpc) is 3.13. The smallest absolute Gasteiger partial charge is 0.263 e. The Bertz CT molecular complexity index is 1020. The second-order valence-corrected chi connectivity index (χ2v) is 8.75. The molecule has 0 amide bonds. The van der Waals surface area contributed by atoms with E-state index in [2.05, 4.69) is 20.4 Å². The molecule has 0 bridgehead atoms. The van der Waals surface area contributed by atoms with Gasteiger partial charge in [-0.25, -0.2) is 4.68 Å². The number of hydrogen-bond donors (Lipinski definition) is 2. The van der Waals surface area contributed by atoms with Gasteiger partial charge in [0.2, 0.25) is 5.95 Å². The van der Waals surface area contributed by atoms with E-state index in [0.29, 0.717) is 29.6 Å². The van der Waals surface area contributed by atoms with Crippen LogP contribution in [0.5, 0.6) is 5.75 Å². The van der Waals surface area contributed by atoms with E-state index < -0.39 is 0 Å². The minimum Gasteiger partial charge on any atom is -0.490 e. The normalized spacial score (nSPS) is 15.6. The summed E-state index contributed by atoms with van der Waals surface area (Å²) in [6, 6.07) is 8.11. The molecule has 0 aliphatic heterocycles. The summed E-state index contributed by atoms with van der Waals surface area (Å²) in [5.41, 5.74) is 1.23. The number of aromatic amines is 1. The number of benzene rings is 1. The van der Waals surface area contributed by atoms with Crippen LogP contribution in [0.25, 0.3) is 11.0 Å². The predicted molar refractivity (Wildman–Crippen MR) is 114 cm³/mol. The number of H-pyrrole nitrogens is 1. The van der Waals surface area contributed by atoms with Gasteiger partial charge in [-0.2, -0.15) is 10.1 Å². The first-order valence-corrected chi connectivity index (χ1v) is 10.4. The Kier molecular flexibility index (Phi) is 5.30. The van der Waals surface area contributed by atoms with Gasteiger partial charge >= 0.3 is 0 Å². The Morgan fingerprint density at radius 2 is 1.90 bits per heavy atom. The number of anilines is 1. The zero-order valence-electron chi connectivity index (χ0n) is 17.4. The van der Waals surface area contributed by atoms with Gasteiger partial charge in [0.25, 0.3) is 5.56 Å². The quantitative estimate of drug-likeness (QED) is 0.676. The summed E-state index contributed by atoms with van der Waals surface area (Å²) in [4.78, 5) is 19.8. The van der Waals surface area contributed by atoms with Crippen molar-refractivity contribution in [3.05, 3.63) is 46.4 Å². The molecule has 0 unspecified atom stereocenters. The fraction of sp³-hybridized carbons (Fsp3) is 0.500. The zero-order chi connectivity index (χ0) is 20.4. The fourth-order valence-corrected chi connectivity index (χ4v) is 3.74. The molecule has 2 aromatic heterocycles. The standard InChI is InChI=1S/C22H29N5O2/c1-22(2,3)27-19-18(14-24-27)20(28)26-21(25-19)23-13-15-9-11-17(12-10-15)29-16-7-5-4-6-8-16/h9-12,14,16H,4-8,13H2,1-3H3,(H2,23,25,26,28).